The molecular weight excluding hydrogens is 238 g/mol. The van der Waals surface area contributed by atoms with Crippen LogP contribution < -0.4 is 10.6 Å². The molecule has 19 heavy (non-hydrogen) atoms. The number of nitrogen functional groups attached to an aromatic ring is 1. The lowest BCUT2D eigenvalue weighted by Gasteiger charge is -2.23. The Hall–Kier alpha value is -2.23. The Labute approximate surface area is 113 Å². The average Bonchev–Trinajstić information content (AvgIpc) is 2.71. The zero-order valence-corrected chi connectivity index (χ0v) is 11.6. The molecule has 0 aliphatic rings. The first-order valence-electron chi connectivity index (χ1n) is 6.34. The summed E-state index contributed by atoms with van der Waals surface area (Å²) in [6.07, 6.45) is 1.75. The number of para-hydroxylation sites is 1. The van der Waals surface area contributed by atoms with E-state index in [4.69, 9.17) is 5.73 Å². The maximum absolute atomic E-state index is 12.6. The zero-order chi connectivity index (χ0) is 14.0. The summed E-state index contributed by atoms with van der Waals surface area (Å²) >= 11 is 0. The molecule has 1 aromatic heterocycles. The van der Waals surface area contributed by atoms with Gasteiger partial charge in [0.1, 0.15) is 5.69 Å². The SMILES string of the molecule is CCN(C(=O)c1cc(N)cn1C)c1ccccc1C. The number of aryl methyl sites for hydroxylation is 2. The lowest BCUT2D eigenvalue weighted by Crippen LogP contribution is -2.32. The molecule has 0 aliphatic heterocycles. The monoisotopic (exact) mass is 257 g/mol. The molecule has 0 atom stereocenters. The van der Waals surface area contributed by atoms with Gasteiger partial charge in [0.25, 0.3) is 5.91 Å². The smallest absolute Gasteiger partial charge is 0.274 e. The number of carbonyl (C=O) groups is 1. The molecule has 0 aliphatic carbocycles. The van der Waals surface area contributed by atoms with Crippen LogP contribution in [0.15, 0.2) is 36.5 Å². The molecule has 4 nitrogen and oxygen atoms in total. The van der Waals surface area contributed by atoms with Crippen LogP contribution in [0.2, 0.25) is 0 Å². The van der Waals surface area contributed by atoms with Gasteiger partial charge in [-0.05, 0) is 31.5 Å². The van der Waals surface area contributed by atoms with Crippen LogP contribution in [0.1, 0.15) is 23.0 Å². The molecule has 2 rings (SSSR count). The first-order valence-corrected chi connectivity index (χ1v) is 6.34. The van der Waals surface area contributed by atoms with Crippen LogP contribution >= 0.6 is 0 Å². The molecule has 2 N–H and O–H groups in total. The second kappa shape index (κ2) is 5.18. The van der Waals surface area contributed by atoms with Gasteiger partial charge in [0.15, 0.2) is 0 Å². The molecular formula is C15H19N3O. The number of rotatable bonds is 3. The predicted molar refractivity (Wildman–Crippen MR) is 78.4 cm³/mol. The molecule has 0 saturated carbocycles. The van der Waals surface area contributed by atoms with E-state index in [0.29, 0.717) is 17.9 Å². The van der Waals surface area contributed by atoms with Gasteiger partial charge in [-0.1, -0.05) is 18.2 Å². The van der Waals surface area contributed by atoms with E-state index in [-0.39, 0.29) is 5.91 Å². The van der Waals surface area contributed by atoms with E-state index in [0.717, 1.165) is 11.3 Å². The molecule has 1 heterocycles. The number of hydrogen-bond donors (Lipinski definition) is 1. The first-order chi connectivity index (χ1) is 9.04. The Morgan fingerprint density at radius 3 is 2.58 bits per heavy atom. The Morgan fingerprint density at radius 1 is 1.37 bits per heavy atom. The summed E-state index contributed by atoms with van der Waals surface area (Å²) in [6.45, 7) is 4.59. The van der Waals surface area contributed by atoms with Crippen molar-refractivity contribution < 1.29 is 4.79 Å². The number of nitrogens with two attached hydrogens (primary N) is 1. The van der Waals surface area contributed by atoms with Crippen LogP contribution in [-0.2, 0) is 7.05 Å². The summed E-state index contributed by atoms with van der Waals surface area (Å²) in [4.78, 5) is 14.4. The third-order valence-corrected chi connectivity index (χ3v) is 3.21. The number of aromatic nitrogens is 1. The highest BCUT2D eigenvalue weighted by atomic mass is 16.2. The van der Waals surface area contributed by atoms with Crippen molar-refractivity contribution in [3.05, 3.63) is 47.8 Å². The highest BCUT2D eigenvalue weighted by molar-refractivity contribution is 6.06. The average molecular weight is 257 g/mol. The van der Waals surface area contributed by atoms with E-state index < -0.39 is 0 Å². The van der Waals surface area contributed by atoms with Crippen molar-refractivity contribution in [3.8, 4) is 0 Å². The summed E-state index contributed by atoms with van der Waals surface area (Å²) in [5.41, 5.74) is 8.96. The van der Waals surface area contributed by atoms with Crippen LogP contribution in [0.4, 0.5) is 11.4 Å². The number of benzene rings is 1. The third kappa shape index (κ3) is 2.47. The van der Waals surface area contributed by atoms with Gasteiger partial charge in [0.05, 0.1) is 5.69 Å². The fraction of sp³-hybridized carbons (Fsp3) is 0.267. The van der Waals surface area contributed by atoms with Crippen LogP contribution in [0.3, 0.4) is 0 Å². The molecule has 2 aromatic rings. The molecule has 0 fully saturated rings. The zero-order valence-electron chi connectivity index (χ0n) is 11.6. The highest BCUT2D eigenvalue weighted by Crippen LogP contribution is 2.22. The molecule has 1 aromatic carbocycles. The van der Waals surface area contributed by atoms with Crippen molar-refractivity contribution >= 4 is 17.3 Å². The van der Waals surface area contributed by atoms with Gasteiger partial charge in [-0.15, -0.1) is 0 Å². The van der Waals surface area contributed by atoms with Gasteiger partial charge in [0, 0.05) is 25.5 Å². The highest BCUT2D eigenvalue weighted by Gasteiger charge is 2.20. The maximum atomic E-state index is 12.6. The third-order valence-electron chi connectivity index (χ3n) is 3.21. The van der Waals surface area contributed by atoms with E-state index in [9.17, 15) is 4.79 Å². The maximum Gasteiger partial charge on any atom is 0.274 e. The lowest BCUT2D eigenvalue weighted by molar-refractivity contribution is 0.0980. The van der Waals surface area contributed by atoms with Crippen LogP contribution in [0.25, 0.3) is 0 Å². The summed E-state index contributed by atoms with van der Waals surface area (Å²) in [7, 11) is 1.83. The Kier molecular flexibility index (Phi) is 3.60. The van der Waals surface area contributed by atoms with Gasteiger partial charge >= 0.3 is 0 Å². The standard InChI is InChI=1S/C15H19N3O/c1-4-18(13-8-6-5-7-11(13)2)15(19)14-9-12(16)10-17(14)3/h5-10H,4,16H2,1-3H3. The molecule has 0 unspecified atom stereocenters. The minimum absolute atomic E-state index is 0.0315. The molecule has 0 radical (unpaired) electrons. The van der Waals surface area contributed by atoms with E-state index in [1.165, 1.54) is 0 Å². The lowest BCUT2D eigenvalue weighted by atomic mass is 10.1. The molecule has 1 amide bonds. The van der Waals surface area contributed by atoms with Gasteiger partial charge in [-0.2, -0.15) is 0 Å². The van der Waals surface area contributed by atoms with Gasteiger partial charge in [-0.3, -0.25) is 4.79 Å². The van der Waals surface area contributed by atoms with Crippen molar-refractivity contribution in [3.63, 3.8) is 0 Å². The van der Waals surface area contributed by atoms with Crippen molar-refractivity contribution in [1.82, 2.24) is 4.57 Å². The number of carbonyl (C=O) groups excluding carboxylic acids is 1. The van der Waals surface area contributed by atoms with Crippen molar-refractivity contribution in [2.45, 2.75) is 13.8 Å². The van der Waals surface area contributed by atoms with Gasteiger partial charge < -0.3 is 15.2 Å². The fourth-order valence-electron chi connectivity index (χ4n) is 2.23. The first kappa shape index (κ1) is 13.2. The van der Waals surface area contributed by atoms with Crippen LogP contribution in [0.5, 0.6) is 0 Å². The van der Waals surface area contributed by atoms with Crippen molar-refractivity contribution in [2.75, 3.05) is 17.2 Å². The predicted octanol–water partition coefficient (Wildman–Crippen LogP) is 2.58. The molecule has 4 heteroatoms. The van der Waals surface area contributed by atoms with Crippen molar-refractivity contribution in [1.29, 1.82) is 0 Å². The molecule has 0 saturated heterocycles. The van der Waals surface area contributed by atoms with Crippen LogP contribution in [-0.4, -0.2) is 17.0 Å². The summed E-state index contributed by atoms with van der Waals surface area (Å²) in [5.74, 6) is -0.0315. The number of hydrogen-bond acceptors (Lipinski definition) is 2. The van der Waals surface area contributed by atoms with E-state index >= 15 is 0 Å². The fourth-order valence-corrected chi connectivity index (χ4v) is 2.23. The van der Waals surface area contributed by atoms with E-state index in [1.54, 1.807) is 21.7 Å². The summed E-state index contributed by atoms with van der Waals surface area (Å²) in [5, 5.41) is 0. The topological polar surface area (TPSA) is 51.3 Å². The Morgan fingerprint density at radius 2 is 2.05 bits per heavy atom. The molecule has 0 spiro atoms. The van der Waals surface area contributed by atoms with E-state index in [1.807, 2.05) is 45.2 Å². The Balaban J connectivity index is 2.41. The largest absolute Gasteiger partial charge is 0.397 e. The quantitative estimate of drug-likeness (QED) is 0.918. The van der Waals surface area contributed by atoms with E-state index in [2.05, 4.69) is 0 Å². The number of anilines is 2. The van der Waals surface area contributed by atoms with Gasteiger partial charge in [-0.25, -0.2) is 0 Å². The summed E-state index contributed by atoms with van der Waals surface area (Å²) < 4.78 is 1.76. The van der Waals surface area contributed by atoms with Crippen LogP contribution in [0, 0.1) is 6.92 Å². The second-order valence-corrected chi connectivity index (χ2v) is 4.61. The second-order valence-electron chi connectivity index (χ2n) is 4.61. The molecule has 0 bridgehead atoms. The van der Waals surface area contributed by atoms with Crippen molar-refractivity contribution in [2.24, 2.45) is 7.05 Å². The molecule has 100 valence electrons. The number of nitrogens with zero attached hydrogens (tertiary/aromatic N) is 2. The van der Waals surface area contributed by atoms with Gasteiger partial charge in [0.2, 0.25) is 0 Å². The number of amides is 1. The normalized spacial score (nSPS) is 10.5. The minimum atomic E-state index is -0.0315. The summed E-state index contributed by atoms with van der Waals surface area (Å²) in [6, 6.07) is 9.59. The Bertz CT molecular complexity index is 601. The minimum Gasteiger partial charge on any atom is -0.397 e.